The first kappa shape index (κ1) is 77.5. The van der Waals surface area contributed by atoms with Crippen LogP contribution in [0.2, 0.25) is 0 Å². The molecule has 482 valence electrons. The number of carbonyl (C=O) groups excluding carboxylic acids is 5. The van der Waals surface area contributed by atoms with Crippen molar-refractivity contribution in [3.63, 3.8) is 0 Å². The van der Waals surface area contributed by atoms with Crippen molar-refractivity contribution >= 4 is 29.8 Å². The molecule has 0 heterocycles. The lowest BCUT2D eigenvalue weighted by Gasteiger charge is -2.12. The predicted molar refractivity (Wildman–Crippen MR) is 346 cm³/mol. The Hall–Kier alpha value is -7.55. The van der Waals surface area contributed by atoms with Gasteiger partial charge in [0, 0.05) is 18.5 Å². The number of phenolic OH excluding ortho intramolecular Hbond substituents is 5. The van der Waals surface area contributed by atoms with Gasteiger partial charge in [-0.3, -0.25) is 19.2 Å². The average Bonchev–Trinajstić information content (AvgIpc) is 3.67. The van der Waals surface area contributed by atoms with Crippen LogP contribution in [0.3, 0.4) is 0 Å². The Kier molecular flexibility index (Phi) is 41.5. The molecular weight excluding hydrogens is 1100 g/mol. The summed E-state index contributed by atoms with van der Waals surface area (Å²) in [7, 11) is 0. The van der Waals surface area contributed by atoms with Gasteiger partial charge in [-0.1, -0.05) is 131 Å². The van der Waals surface area contributed by atoms with E-state index in [4.69, 9.17) is 34.3 Å². The van der Waals surface area contributed by atoms with Gasteiger partial charge in [0.2, 0.25) is 5.91 Å². The minimum absolute atomic E-state index is 0.0412. The van der Waals surface area contributed by atoms with Crippen molar-refractivity contribution < 1.29 is 68.5 Å². The molecule has 1 unspecified atom stereocenters. The van der Waals surface area contributed by atoms with Gasteiger partial charge in [0.1, 0.15) is 28.7 Å². The third-order valence-corrected chi connectivity index (χ3v) is 13.3. The Bertz CT molecular complexity index is 2540. The van der Waals surface area contributed by atoms with Crippen molar-refractivity contribution in [2.75, 3.05) is 33.0 Å². The van der Waals surface area contributed by atoms with E-state index in [1.807, 2.05) is 12.1 Å². The zero-order chi connectivity index (χ0) is 64.9. The Labute approximate surface area is 520 Å². The molecule has 5 aromatic carbocycles. The fourth-order valence-electron chi connectivity index (χ4n) is 8.04. The molecule has 0 bridgehead atoms. The van der Waals surface area contributed by atoms with Gasteiger partial charge >= 0.3 is 23.9 Å². The highest BCUT2D eigenvalue weighted by Crippen LogP contribution is 2.23. The number of nitrogens with one attached hydrogen (secondary N) is 1. The normalized spacial score (nSPS) is 10.9. The van der Waals surface area contributed by atoms with Crippen molar-refractivity contribution in [1.29, 1.82) is 0 Å². The first-order chi connectivity index (χ1) is 41.3. The summed E-state index contributed by atoms with van der Waals surface area (Å²) in [5.41, 5.74) is 4.00. The van der Waals surface area contributed by atoms with Crippen LogP contribution >= 0.6 is 0 Å². The highest BCUT2D eigenvalue weighted by atomic mass is 16.5. The van der Waals surface area contributed by atoms with Gasteiger partial charge < -0.3 is 49.8 Å². The van der Waals surface area contributed by atoms with E-state index in [1.165, 1.54) is 12.1 Å². The Morgan fingerprint density at radius 3 is 1.20 bits per heavy atom. The van der Waals surface area contributed by atoms with Crippen molar-refractivity contribution in [2.45, 2.75) is 178 Å². The molecule has 6 N–H and O–H groups in total. The van der Waals surface area contributed by atoms with E-state index in [0.717, 1.165) is 93.9 Å². The van der Waals surface area contributed by atoms with E-state index in [-0.39, 0.29) is 71.4 Å². The first-order valence-electron chi connectivity index (χ1n) is 31.1. The molecule has 0 aromatic heterocycles. The largest absolute Gasteiger partial charge is 0.508 e. The first-order valence-corrected chi connectivity index (χ1v) is 31.1. The summed E-state index contributed by atoms with van der Waals surface area (Å²) in [5, 5.41) is 48.9. The lowest BCUT2D eigenvalue weighted by Crippen LogP contribution is -2.26. The zero-order valence-corrected chi connectivity index (χ0v) is 54.1. The molecule has 0 aliphatic heterocycles. The van der Waals surface area contributed by atoms with Gasteiger partial charge in [0.25, 0.3) is 0 Å². The van der Waals surface area contributed by atoms with Crippen molar-refractivity contribution in [2.24, 2.45) is 29.6 Å². The number of benzene rings is 5. The second kappa shape index (κ2) is 46.6. The molecule has 0 radical (unpaired) electrons. The van der Waals surface area contributed by atoms with Gasteiger partial charge in [-0.25, -0.2) is 4.79 Å². The molecule has 0 aliphatic carbocycles. The summed E-state index contributed by atoms with van der Waals surface area (Å²) in [6.45, 7) is 26.3. The third kappa shape index (κ3) is 42.8. The number of phenols is 5. The van der Waals surface area contributed by atoms with Crippen LogP contribution in [0.4, 0.5) is 0 Å². The van der Waals surface area contributed by atoms with Crippen molar-refractivity contribution in [3.05, 3.63) is 149 Å². The molecule has 0 fully saturated rings. The number of amides is 1. The summed E-state index contributed by atoms with van der Waals surface area (Å²) < 4.78 is 20.5. The predicted octanol–water partition coefficient (Wildman–Crippen LogP) is 15.6. The molecule has 0 aliphatic rings. The van der Waals surface area contributed by atoms with E-state index in [2.05, 4.69) is 81.5 Å². The van der Waals surface area contributed by atoms with E-state index in [0.29, 0.717) is 85.9 Å². The van der Waals surface area contributed by atoms with Gasteiger partial charge in [-0.2, -0.15) is 0 Å². The zero-order valence-electron chi connectivity index (χ0n) is 54.1. The van der Waals surface area contributed by atoms with Gasteiger partial charge in [0.05, 0.1) is 51.3 Å². The molecule has 15 heteroatoms. The molecule has 0 spiro atoms. The van der Waals surface area contributed by atoms with Crippen LogP contribution in [-0.2, 0) is 57.4 Å². The topological polar surface area (TPSA) is 235 Å². The van der Waals surface area contributed by atoms with Crippen LogP contribution in [0.25, 0.3) is 0 Å². The highest BCUT2D eigenvalue weighted by molar-refractivity contribution is 5.89. The molecule has 87 heavy (non-hydrogen) atoms. The van der Waals surface area contributed by atoms with Gasteiger partial charge in [-0.15, -0.1) is 0 Å². The summed E-state index contributed by atoms with van der Waals surface area (Å²) in [6.07, 6.45) is 12.1. The number of aromatic hydroxyl groups is 5. The second-order valence-electron chi connectivity index (χ2n) is 23.9. The van der Waals surface area contributed by atoms with Gasteiger partial charge in [0.15, 0.2) is 0 Å². The van der Waals surface area contributed by atoms with E-state index in [9.17, 15) is 34.2 Å². The number of para-hydroxylation sites is 1. The third-order valence-electron chi connectivity index (χ3n) is 13.3. The maximum absolute atomic E-state index is 11.6. The van der Waals surface area contributed by atoms with Crippen LogP contribution in [0.1, 0.15) is 192 Å². The number of hydrogen-bond donors (Lipinski definition) is 6. The maximum Gasteiger partial charge on any atom is 0.338 e. The van der Waals surface area contributed by atoms with E-state index < -0.39 is 0 Å². The smallest absolute Gasteiger partial charge is 0.338 e. The lowest BCUT2D eigenvalue weighted by atomic mass is 9.96. The molecule has 0 saturated heterocycles. The number of ether oxygens (including phenoxy) is 4. The quantitative estimate of drug-likeness (QED) is 0.0138. The highest BCUT2D eigenvalue weighted by Gasteiger charge is 2.12. The Morgan fingerprint density at radius 1 is 0.391 bits per heavy atom. The minimum Gasteiger partial charge on any atom is -0.508 e. The number of hydrogen-bond acceptors (Lipinski definition) is 14. The fourth-order valence-corrected chi connectivity index (χ4v) is 8.04. The monoisotopic (exact) mass is 1210 g/mol. The summed E-state index contributed by atoms with van der Waals surface area (Å²) in [5.74, 6) is 3.65. The van der Waals surface area contributed by atoms with E-state index in [1.54, 1.807) is 97.1 Å². The Balaban J connectivity index is 0.000000545. The molecule has 15 nitrogen and oxygen atoms in total. The van der Waals surface area contributed by atoms with E-state index >= 15 is 0 Å². The van der Waals surface area contributed by atoms with Crippen molar-refractivity contribution in [3.8, 4) is 28.7 Å². The molecule has 0 saturated carbocycles. The lowest BCUT2D eigenvalue weighted by molar-refractivity contribution is -0.144. The number of rotatable bonds is 31. The SMILES string of the molecule is CC(C)CCCNC(=O)Cc1ccc(O)cc1.CC(C)CCCOC(=O)CCC(C)c1ccc(O)cc1.CC(C)CCCOC(=O)Cc1ccc(O)cc1.CC(C)CCCOC(=O)Cc1ccccc1O.CC(C)CCCOC(=O)c1ccc(O)cc1. The van der Waals surface area contributed by atoms with Crippen molar-refractivity contribution in [1.82, 2.24) is 5.32 Å². The maximum atomic E-state index is 11.6. The molecule has 1 atom stereocenters. The number of carbonyl (C=O) groups is 5. The fraction of sp³-hybridized carbons (Fsp3) is 0.514. The summed E-state index contributed by atoms with van der Waals surface area (Å²) in [6, 6.07) is 33.4. The van der Waals surface area contributed by atoms with Crippen LogP contribution in [-0.4, -0.2) is 88.3 Å². The standard InChI is InChI=1S/C17H26O3.C14H21NO2.2C14H20O3.C13H18O3/c1-13(2)5-4-12-20-17(19)11-6-14(3)15-7-9-16(18)10-8-15;1-11(2)4-3-9-15-14(17)10-12-5-7-13(16)8-6-12;1-11(2)4-3-9-17-14(16)10-12-5-7-13(15)8-6-12;1-11(2)6-5-9-17-14(16)10-12-7-3-4-8-13(12)15;1-10(2)4-3-9-16-13(15)11-5-7-12(14)8-6-11/h7-10,13-14,18H,4-6,11-12H2,1-3H3;5-8,11,16H,3-4,9-10H2,1-2H3,(H,15,17);5-8,11,15H,3-4,9-10H2,1-2H3;3-4,7-8,11,15H,5-6,9-10H2,1-2H3;5-8,10,14H,3-4,9H2,1-2H3. The number of esters is 4. The average molecular weight is 1210 g/mol. The molecule has 5 rings (SSSR count). The Morgan fingerprint density at radius 2 is 0.759 bits per heavy atom. The summed E-state index contributed by atoms with van der Waals surface area (Å²) in [4.78, 5) is 57.6. The molecule has 1 amide bonds. The summed E-state index contributed by atoms with van der Waals surface area (Å²) >= 11 is 0. The van der Waals surface area contributed by atoms with Crippen LogP contribution in [0, 0.1) is 29.6 Å². The van der Waals surface area contributed by atoms with Crippen LogP contribution in [0.15, 0.2) is 121 Å². The molecular formula is C72H105NO14. The van der Waals surface area contributed by atoms with Crippen LogP contribution in [0.5, 0.6) is 28.7 Å². The van der Waals surface area contributed by atoms with Gasteiger partial charge in [-0.05, 0) is 190 Å². The molecule has 5 aromatic rings. The second-order valence-corrected chi connectivity index (χ2v) is 23.9. The van der Waals surface area contributed by atoms with Crippen LogP contribution < -0.4 is 5.32 Å². The minimum atomic E-state index is -0.330.